The molecule has 0 aliphatic rings. The monoisotopic (exact) mass is 238 g/mol. The average molecular weight is 238 g/mol. The second kappa shape index (κ2) is 5.52. The third-order valence-electron chi connectivity index (χ3n) is 2.28. The maximum Gasteiger partial charge on any atom is 0.295 e. The van der Waals surface area contributed by atoms with Crippen LogP contribution in [0.3, 0.4) is 0 Å². The van der Waals surface area contributed by atoms with Crippen molar-refractivity contribution in [1.82, 2.24) is 9.88 Å². The highest BCUT2D eigenvalue weighted by molar-refractivity contribution is 5.93. The van der Waals surface area contributed by atoms with E-state index in [0.717, 1.165) is 5.56 Å². The van der Waals surface area contributed by atoms with Crippen LogP contribution in [0.15, 0.2) is 12.3 Å². The summed E-state index contributed by atoms with van der Waals surface area (Å²) < 4.78 is 6.48. The molecule has 0 saturated heterocycles. The fraction of sp³-hybridized carbons (Fsp3) is 0.500. The van der Waals surface area contributed by atoms with Crippen LogP contribution in [-0.2, 0) is 9.53 Å². The summed E-state index contributed by atoms with van der Waals surface area (Å²) in [4.78, 5) is 22.2. The first-order chi connectivity index (χ1) is 7.95. The number of amides is 1. The molecule has 1 N–H and O–H groups in total. The zero-order valence-corrected chi connectivity index (χ0v) is 10.6. The Labute approximate surface area is 101 Å². The van der Waals surface area contributed by atoms with Gasteiger partial charge in [0.15, 0.2) is 6.23 Å². The molecule has 94 valence electrons. The molecule has 1 atom stereocenters. The van der Waals surface area contributed by atoms with E-state index in [9.17, 15) is 9.59 Å². The van der Waals surface area contributed by atoms with Gasteiger partial charge in [0.1, 0.15) is 5.69 Å². The van der Waals surface area contributed by atoms with E-state index in [-0.39, 0.29) is 11.9 Å². The zero-order valence-electron chi connectivity index (χ0n) is 10.6. The second-order valence-electron chi connectivity index (χ2n) is 4.27. The molecule has 1 heterocycles. The molecule has 0 bridgehead atoms. The third-order valence-corrected chi connectivity index (χ3v) is 2.28. The van der Waals surface area contributed by atoms with E-state index in [0.29, 0.717) is 12.2 Å². The number of aryl methyl sites for hydroxylation is 1. The highest BCUT2D eigenvalue weighted by Crippen LogP contribution is 2.15. The Kier molecular flexibility index (Phi) is 4.31. The lowest BCUT2D eigenvalue weighted by molar-refractivity contribution is -0.136. The van der Waals surface area contributed by atoms with Gasteiger partial charge in [-0.1, -0.05) is 0 Å². The first-order valence-electron chi connectivity index (χ1n) is 5.54. The number of aromatic nitrogens is 1. The largest absolute Gasteiger partial charge is 0.444 e. The van der Waals surface area contributed by atoms with Crippen LogP contribution in [0.1, 0.15) is 43.1 Å². The van der Waals surface area contributed by atoms with Crippen molar-refractivity contribution in [2.24, 2.45) is 0 Å². The molecule has 5 heteroatoms. The standard InChI is InChI=1S/C12H18N2O3/c1-8(2)13-12(16)11-5-9(3)6-14(11)10(4)17-7-15/h5-8,10H,1-4H3,(H,13,16). The van der Waals surface area contributed by atoms with Gasteiger partial charge in [-0.3, -0.25) is 9.59 Å². The minimum atomic E-state index is -0.492. The molecular weight excluding hydrogens is 220 g/mol. The van der Waals surface area contributed by atoms with Crippen LogP contribution in [0.5, 0.6) is 0 Å². The number of nitrogens with zero attached hydrogens (tertiary/aromatic N) is 1. The molecule has 17 heavy (non-hydrogen) atoms. The molecule has 1 unspecified atom stereocenters. The van der Waals surface area contributed by atoms with Gasteiger partial charge in [0.05, 0.1) is 0 Å². The van der Waals surface area contributed by atoms with Gasteiger partial charge in [0.2, 0.25) is 0 Å². The van der Waals surface area contributed by atoms with E-state index < -0.39 is 6.23 Å². The Morgan fingerprint density at radius 1 is 1.47 bits per heavy atom. The highest BCUT2D eigenvalue weighted by Gasteiger charge is 2.17. The zero-order chi connectivity index (χ0) is 13.0. The van der Waals surface area contributed by atoms with Gasteiger partial charge in [-0.05, 0) is 39.3 Å². The van der Waals surface area contributed by atoms with Crippen LogP contribution >= 0.6 is 0 Å². The van der Waals surface area contributed by atoms with Crippen LogP contribution in [0.2, 0.25) is 0 Å². The van der Waals surface area contributed by atoms with Gasteiger partial charge in [0, 0.05) is 12.2 Å². The molecule has 5 nitrogen and oxygen atoms in total. The van der Waals surface area contributed by atoms with E-state index in [4.69, 9.17) is 4.74 Å². The topological polar surface area (TPSA) is 60.3 Å². The van der Waals surface area contributed by atoms with Gasteiger partial charge in [-0.25, -0.2) is 0 Å². The lowest BCUT2D eigenvalue weighted by Crippen LogP contribution is -2.32. The van der Waals surface area contributed by atoms with Gasteiger partial charge < -0.3 is 14.6 Å². The van der Waals surface area contributed by atoms with Gasteiger partial charge in [-0.15, -0.1) is 0 Å². The van der Waals surface area contributed by atoms with Crippen LogP contribution in [-0.4, -0.2) is 23.0 Å². The van der Waals surface area contributed by atoms with Crippen molar-refractivity contribution in [2.45, 2.75) is 40.0 Å². The van der Waals surface area contributed by atoms with Crippen molar-refractivity contribution < 1.29 is 14.3 Å². The minimum absolute atomic E-state index is 0.0634. The van der Waals surface area contributed by atoms with Crippen LogP contribution in [0.25, 0.3) is 0 Å². The van der Waals surface area contributed by atoms with E-state index in [1.807, 2.05) is 20.8 Å². The number of hydrogen-bond donors (Lipinski definition) is 1. The lowest BCUT2D eigenvalue weighted by Gasteiger charge is -2.16. The predicted molar refractivity (Wildman–Crippen MR) is 63.6 cm³/mol. The maximum absolute atomic E-state index is 11.9. The van der Waals surface area contributed by atoms with Crippen molar-refractivity contribution in [1.29, 1.82) is 0 Å². The number of nitrogens with one attached hydrogen (secondary N) is 1. The Bertz CT molecular complexity index is 410. The normalized spacial score (nSPS) is 12.3. The summed E-state index contributed by atoms with van der Waals surface area (Å²) in [6.07, 6.45) is 1.29. The Hall–Kier alpha value is -1.78. The van der Waals surface area contributed by atoms with Crippen molar-refractivity contribution in [3.8, 4) is 0 Å². The SMILES string of the molecule is Cc1cc(C(=O)NC(C)C)n(C(C)OC=O)c1. The van der Waals surface area contributed by atoms with Gasteiger partial charge in [0.25, 0.3) is 12.4 Å². The number of hydrogen-bond acceptors (Lipinski definition) is 3. The van der Waals surface area contributed by atoms with E-state index >= 15 is 0 Å². The molecular formula is C12H18N2O3. The fourth-order valence-corrected chi connectivity index (χ4v) is 1.58. The van der Waals surface area contributed by atoms with Crippen molar-refractivity contribution in [2.75, 3.05) is 0 Å². The van der Waals surface area contributed by atoms with Gasteiger partial charge >= 0.3 is 0 Å². The summed E-state index contributed by atoms with van der Waals surface area (Å²) in [7, 11) is 0. The molecule has 0 fully saturated rings. The summed E-state index contributed by atoms with van der Waals surface area (Å²) >= 11 is 0. The molecule has 1 aromatic heterocycles. The predicted octanol–water partition coefficient (Wildman–Crippen LogP) is 1.63. The van der Waals surface area contributed by atoms with E-state index in [1.165, 1.54) is 0 Å². The summed E-state index contributed by atoms with van der Waals surface area (Å²) in [6, 6.07) is 1.83. The van der Waals surface area contributed by atoms with Gasteiger partial charge in [-0.2, -0.15) is 0 Å². The Morgan fingerprint density at radius 2 is 2.12 bits per heavy atom. The first-order valence-corrected chi connectivity index (χ1v) is 5.54. The lowest BCUT2D eigenvalue weighted by atomic mass is 10.3. The Balaban J connectivity index is 2.98. The highest BCUT2D eigenvalue weighted by atomic mass is 16.5. The van der Waals surface area contributed by atoms with Crippen LogP contribution in [0.4, 0.5) is 0 Å². The number of rotatable bonds is 5. The molecule has 1 amide bonds. The minimum Gasteiger partial charge on any atom is -0.444 e. The summed E-state index contributed by atoms with van der Waals surface area (Å²) in [5.41, 5.74) is 1.44. The molecule has 1 rings (SSSR count). The number of carbonyl (C=O) groups excluding carboxylic acids is 2. The number of ether oxygens (including phenoxy) is 1. The summed E-state index contributed by atoms with van der Waals surface area (Å²) in [5, 5.41) is 2.81. The first kappa shape index (κ1) is 13.3. The smallest absolute Gasteiger partial charge is 0.295 e. The quantitative estimate of drug-likeness (QED) is 0.793. The molecule has 1 aromatic rings. The fourth-order valence-electron chi connectivity index (χ4n) is 1.58. The molecule has 0 aliphatic carbocycles. The summed E-state index contributed by atoms with van der Waals surface area (Å²) in [5.74, 6) is -0.172. The summed E-state index contributed by atoms with van der Waals surface area (Å²) in [6.45, 7) is 7.76. The van der Waals surface area contributed by atoms with Crippen molar-refractivity contribution in [3.63, 3.8) is 0 Å². The number of carbonyl (C=O) groups is 2. The second-order valence-corrected chi connectivity index (χ2v) is 4.27. The van der Waals surface area contributed by atoms with Crippen LogP contribution in [0, 0.1) is 6.92 Å². The third kappa shape index (κ3) is 3.34. The van der Waals surface area contributed by atoms with Crippen molar-refractivity contribution in [3.05, 3.63) is 23.5 Å². The van der Waals surface area contributed by atoms with Crippen molar-refractivity contribution >= 4 is 12.4 Å². The molecule has 0 radical (unpaired) electrons. The van der Waals surface area contributed by atoms with E-state index in [1.54, 1.807) is 23.8 Å². The molecule has 0 spiro atoms. The molecule has 0 aliphatic heterocycles. The Morgan fingerprint density at radius 3 is 2.65 bits per heavy atom. The average Bonchev–Trinajstić information content (AvgIpc) is 2.60. The van der Waals surface area contributed by atoms with Crippen LogP contribution < -0.4 is 5.32 Å². The molecule has 0 aromatic carbocycles. The molecule has 0 saturated carbocycles. The maximum atomic E-state index is 11.9. The van der Waals surface area contributed by atoms with E-state index in [2.05, 4.69) is 5.32 Å².